The summed E-state index contributed by atoms with van der Waals surface area (Å²) in [7, 11) is 0. The molecule has 0 bridgehead atoms. The monoisotopic (exact) mass is 240 g/mol. The van der Waals surface area contributed by atoms with Crippen LogP contribution >= 0.6 is 11.3 Å². The molecule has 0 atom stereocenters. The van der Waals surface area contributed by atoms with Crippen molar-refractivity contribution >= 4 is 17.3 Å². The Hall–Kier alpha value is -0.940. The zero-order chi connectivity index (χ0) is 11.6. The van der Waals surface area contributed by atoms with E-state index in [4.69, 9.17) is 10.5 Å². The molecule has 1 aliphatic rings. The highest BCUT2D eigenvalue weighted by Gasteiger charge is 2.37. The lowest BCUT2D eigenvalue weighted by atomic mass is 9.78. The van der Waals surface area contributed by atoms with Crippen molar-refractivity contribution in [3.8, 4) is 0 Å². The van der Waals surface area contributed by atoms with Crippen LogP contribution in [0.3, 0.4) is 0 Å². The maximum atomic E-state index is 11.3. The molecule has 0 saturated heterocycles. The maximum absolute atomic E-state index is 11.3. The van der Waals surface area contributed by atoms with Crippen LogP contribution in [0.25, 0.3) is 0 Å². The van der Waals surface area contributed by atoms with Gasteiger partial charge in [0, 0.05) is 5.38 Å². The molecule has 0 aliphatic heterocycles. The van der Waals surface area contributed by atoms with E-state index in [1.54, 1.807) is 18.3 Å². The number of hydrogen-bond donors (Lipinski definition) is 1. The molecule has 16 heavy (non-hydrogen) atoms. The average molecular weight is 240 g/mol. The zero-order valence-electron chi connectivity index (χ0n) is 9.36. The average Bonchev–Trinajstić information content (AvgIpc) is 2.63. The van der Waals surface area contributed by atoms with E-state index in [2.05, 4.69) is 4.98 Å². The van der Waals surface area contributed by atoms with Gasteiger partial charge in [-0.3, -0.25) is 4.79 Å². The van der Waals surface area contributed by atoms with Crippen molar-refractivity contribution in [2.75, 3.05) is 6.61 Å². The van der Waals surface area contributed by atoms with Crippen LogP contribution < -0.4 is 5.73 Å². The summed E-state index contributed by atoms with van der Waals surface area (Å²) in [5.41, 5.74) is 6.71. The van der Waals surface area contributed by atoms with E-state index in [0.717, 1.165) is 23.5 Å². The van der Waals surface area contributed by atoms with Crippen molar-refractivity contribution in [2.45, 2.75) is 38.1 Å². The number of thiazole rings is 1. The highest BCUT2D eigenvalue weighted by Crippen LogP contribution is 2.39. The molecule has 88 valence electrons. The SMILES string of the molecule is CCOC(=O)Cc1csc(C2(N)CCC2)n1. The van der Waals surface area contributed by atoms with Crippen molar-refractivity contribution in [1.82, 2.24) is 4.98 Å². The summed E-state index contributed by atoms with van der Waals surface area (Å²) in [4.78, 5) is 15.7. The van der Waals surface area contributed by atoms with Crippen LogP contribution in [0.5, 0.6) is 0 Å². The smallest absolute Gasteiger partial charge is 0.311 e. The first-order valence-corrected chi connectivity index (χ1v) is 6.41. The van der Waals surface area contributed by atoms with E-state index in [-0.39, 0.29) is 17.9 Å². The molecule has 0 aromatic carbocycles. The van der Waals surface area contributed by atoms with E-state index in [1.165, 1.54) is 6.42 Å². The van der Waals surface area contributed by atoms with Crippen LogP contribution in [0.15, 0.2) is 5.38 Å². The predicted molar refractivity (Wildman–Crippen MR) is 62.2 cm³/mol. The molecular weight excluding hydrogens is 224 g/mol. The van der Waals surface area contributed by atoms with Gasteiger partial charge in [-0.1, -0.05) is 0 Å². The Morgan fingerprint density at radius 2 is 2.44 bits per heavy atom. The molecule has 1 heterocycles. The number of nitrogens with two attached hydrogens (primary N) is 1. The van der Waals surface area contributed by atoms with Crippen LogP contribution in [0, 0.1) is 0 Å². The van der Waals surface area contributed by atoms with Gasteiger partial charge in [0.1, 0.15) is 5.01 Å². The van der Waals surface area contributed by atoms with Gasteiger partial charge in [0.2, 0.25) is 0 Å². The molecular formula is C11H16N2O2S. The molecule has 4 nitrogen and oxygen atoms in total. The lowest BCUT2D eigenvalue weighted by Crippen LogP contribution is -2.43. The van der Waals surface area contributed by atoms with E-state index >= 15 is 0 Å². The zero-order valence-corrected chi connectivity index (χ0v) is 10.2. The fourth-order valence-electron chi connectivity index (χ4n) is 1.75. The number of carbonyl (C=O) groups excluding carboxylic acids is 1. The lowest BCUT2D eigenvalue weighted by molar-refractivity contribution is -0.142. The van der Waals surface area contributed by atoms with Crippen LogP contribution in [-0.2, 0) is 21.5 Å². The highest BCUT2D eigenvalue weighted by molar-refractivity contribution is 7.09. The van der Waals surface area contributed by atoms with Crippen molar-refractivity contribution < 1.29 is 9.53 Å². The van der Waals surface area contributed by atoms with Crippen molar-refractivity contribution in [3.05, 3.63) is 16.1 Å². The number of ether oxygens (including phenoxy) is 1. The molecule has 2 N–H and O–H groups in total. The van der Waals surface area contributed by atoms with Crippen LogP contribution in [-0.4, -0.2) is 17.6 Å². The van der Waals surface area contributed by atoms with Crippen LogP contribution in [0.1, 0.15) is 36.9 Å². The Bertz CT molecular complexity index is 385. The van der Waals surface area contributed by atoms with Crippen molar-refractivity contribution in [1.29, 1.82) is 0 Å². The highest BCUT2D eigenvalue weighted by atomic mass is 32.1. The maximum Gasteiger partial charge on any atom is 0.311 e. The third-order valence-corrected chi connectivity index (χ3v) is 3.97. The molecule has 1 saturated carbocycles. The van der Waals surface area contributed by atoms with Gasteiger partial charge in [-0.2, -0.15) is 0 Å². The van der Waals surface area contributed by atoms with Gasteiger partial charge in [-0.05, 0) is 26.2 Å². The minimum absolute atomic E-state index is 0.223. The van der Waals surface area contributed by atoms with Gasteiger partial charge >= 0.3 is 5.97 Å². The fourth-order valence-corrected chi connectivity index (χ4v) is 2.74. The number of aromatic nitrogens is 1. The third-order valence-electron chi connectivity index (χ3n) is 2.85. The number of esters is 1. The number of nitrogens with zero attached hydrogens (tertiary/aromatic N) is 1. The fraction of sp³-hybridized carbons (Fsp3) is 0.636. The molecule has 0 spiro atoms. The van der Waals surface area contributed by atoms with Gasteiger partial charge in [-0.25, -0.2) is 4.98 Å². The molecule has 1 aromatic rings. The minimum atomic E-state index is -0.225. The summed E-state index contributed by atoms with van der Waals surface area (Å²) in [5.74, 6) is -0.223. The molecule has 5 heteroatoms. The normalized spacial score (nSPS) is 17.9. The minimum Gasteiger partial charge on any atom is -0.466 e. The first-order valence-electron chi connectivity index (χ1n) is 5.53. The van der Waals surface area contributed by atoms with Gasteiger partial charge in [0.15, 0.2) is 0 Å². The second kappa shape index (κ2) is 4.51. The summed E-state index contributed by atoms with van der Waals surface area (Å²) in [6.45, 7) is 2.21. The Morgan fingerprint density at radius 1 is 1.69 bits per heavy atom. The Balaban J connectivity index is 1.99. The van der Waals surface area contributed by atoms with Crippen molar-refractivity contribution in [3.63, 3.8) is 0 Å². The second-order valence-corrected chi connectivity index (χ2v) is 4.99. The summed E-state index contributed by atoms with van der Waals surface area (Å²) in [6.07, 6.45) is 3.42. The second-order valence-electron chi connectivity index (χ2n) is 4.14. The van der Waals surface area contributed by atoms with Gasteiger partial charge < -0.3 is 10.5 Å². The quantitative estimate of drug-likeness (QED) is 0.812. The van der Waals surface area contributed by atoms with E-state index in [1.807, 2.05) is 5.38 Å². The topological polar surface area (TPSA) is 65.2 Å². The summed E-state index contributed by atoms with van der Waals surface area (Å²) in [6, 6.07) is 0. The van der Waals surface area contributed by atoms with E-state index in [0.29, 0.717) is 6.61 Å². The lowest BCUT2D eigenvalue weighted by Gasteiger charge is -2.35. The number of rotatable bonds is 4. The molecule has 0 radical (unpaired) electrons. The summed E-state index contributed by atoms with van der Waals surface area (Å²) in [5, 5.41) is 2.86. The molecule has 1 aliphatic carbocycles. The predicted octanol–water partition coefficient (Wildman–Crippen LogP) is 1.59. The Kier molecular flexibility index (Phi) is 3.25. The van der Waals surface area contributed by atoms with Crippen LogP contribution in [0.2, 0.25) is 0 Å². The van der Waals surface area contributed by atoms with Crippen LogP contribution in [0.4, 0.5) is 0 Å². The molecule has 1 aromatic heterocycles. The van der Waals surface area contributed by atoms with Gasteiger partial charge in [0.05, 0.1) is 24.3 Å². The first-order chi connectivity index (χ1) is 7.64. The van der Waals surface area contributed by atoms with Gasteiger partial charge in [-0.15, -0.1) is 11.3 Å². The van der Waals surface area contributed by atoms with Gasteiger partial charge in [0.25, 0.3) is 0 Å². The van der Waals surface area contributed by atoms with E-state index in [9.17, 15) is 4.79 Å². The van der Waals surface area contributed by atoms with E-state index < -0.39 is 0 Å². The third kappa shape index (κ3) is 2.25. The number of carbonyl (C=O) groups is 1. The summed E-state index contributed by atoms with van der Waals surface area (Å²) < 4.78 is 4.88. The number of hydrogen-bond acceptors (Lipinski definition) is 5. The Labute approximate surface area is 98.8 Å². The standard InChI is InChI=1S/C11H16N2O2S/c1-2-15-9(14)6-8-7-16-10(13-8)11(12)4-3-5-11/h7H,2-6,12H2,1H3. The molecule has 2 rings (SSSR count). The molecule has 0 amide bonds. The largest absolute Gasteiger partial charge is 0.466 e. The Morgan fingerprint density at radius 3 is 3.00 bits per heavy atom. The summed E-state index contributed by atoms with van der Waals surface area (Å²) >= 11 is 1.55. The van der Waals surface area contributed by atoms with Crippen molar-refractivity contribution in [2.24, 2.45) is 5.73 Å². The molecule has 1 fully saturated rings. The first kappa shape index (κ1) is 11.5. The molecule has 0 unspecified atom stereocenters.